The molecule has 0 aliphatic rings. The number of nitrogens with one attached hydrogen (secondary N) is 2. The molecule has 6 nitrogen and oxygen atoms in total. The lowest BCUT2D eigenvalue weighted by atomic mass is 10.2. The van der Waals surface area contributed by atoms with Crippen LogP contribution in [0.4, 0.5) is 11.4 Å². The summed E-state index contributed by atoms with van der Waals surface area (Å²) in [6.45, 7) is 5.74. The van der Waals surface area contributed by atoms with Gasteiger partial charge in [0.25, 0.3) is 0 Å². The zero-order chi connectivity index (χ0) is 15.9. The fourth-order valence-electron chi connectivity index (χ4n) is 1.78. The number of anilines is 2. The van der Waals surface area contributed by atoms with Crippen LogP contribution in [0.15, 0.2) is 23.1 Å². The summed E-state index contributed by atoms with van der Waals surface area (Å²) in [6.07, 6.45) is 1.50. The topological polar surface area (TPSA) is 110 Å². The van der Waals surface area contributed by atoms with Crippen molar-refractivity contribution in [3.05, 3.63) is 18.2 Å². The average molecular weight is 314 g/mol. The highest BCUT2D eigenvalue weighted by Gasteiger charge is 2.18. The lowest BCUT2D eigenvalue weighted by molar-refractivity contribution is 0.577. The Morgan fingerprint density at radius 2 is 1.95 bits per heavy atom. The Morgan fingerprint density at radius 3 is 2.57 bits per heavy atom. The summed E-state index contributed by atoms with van der Waals surface area (Å²) in [5, 5.41) is 3.15. The third-order valence-electron chi connectivity index (χ3n) is 2.92. The molecule has 0 aliphatic carbocycles. The lowest BCUT2D eigenvalue weighted by Crippen LogP contribution is -2.26. The Balaban J connectivity index is 2.89. The van der Waals surface area contributed by atoms with Crippen LogP contribution in [0.2, 0.25) is 0 Å². The molecule has 1 aromatic rings. The van der Waals surface area contributed by atoms with Gasteiger partial charge in [-0.05, 0) is 43.5 Å². The van der Waals surface area contributed by atoms with Gasteiger partial charge in [-0.2, -0.15) is 0 Å². The van der Waals surface area contributed by atoms with E-state index >= 15 is 0 Å². The van der Waals surface area contributed by atoms with Gasteiger partial charge in [0.2, 0.25) is 10.0 Å². The largest absolute Gasteiger partial charge is 0.399 e. The smallest absolute Gasteiger partial charge is 0.242 e. The van der Waals surface area contributed by atoms with Crippen molar-refractivity contribution in [1.82, 2.24) is 4.72 Å². The third kappa shape index (κ3) is 5.91. The average Bonchev–Trinajstić information content (AvgIpc) is 2.42. The molecule has 7 heteroatoms. The molecule has 0 amide bonds. The number of unbranched alkanes of at least 4 members (excludes halogenated alkanes) is 1. The van der Waals surface area contributed by atoms with Gasteiger partial charge in [-0.15, -0.1) is 0 Å². The molecule has 6 N–H and O–H groups in total. The quantitative estimate of drug-likeness (QED) is 0.406. The van der Waals surface area contributed by atoms with Crippen molar-refractivity contribution >= 4 is 21.4 Å². The van der Waals surface area contributed by atoms with E-state index in [9.17, 15) is 8.42 Å². The zero-order valence-electron chi connectivity index (χ0n) is 12.7. The molecule has 0 heterocycles. The Morgan fingerprint density at radius 1 is 1.24 bits per heavy atom. The summed E-state index contributed by atoms with van der Waals surface area (Å²) in [4.78, 5) is 0.191. The number of benzene rings is 1. The summed E-state index contributed by atoms with van der Waals surface area (Å²) in [6, 6.07) is 4.87. The minimum Gasteiger partial charge on any atom is -0.399 e. The van der Waals surface area contributed by atoms with Crippen LogP contribution in [0.3, 0.4) is 0 Å². The maximum atomic E-state index is 12.4. The molecule has 0 bridgehead atoms. The van der Waals surface area contributed by atoms with E-state index in [0.29, 0.717) is 43.3 Å². The molecule has 0 radical (unpaired) electrons. The molecule has 0 spiro atoms. The van der Waals surface area contributed by atoms with Gasteiger partial charge in [0, 0.05) is 18.8 Å². The van der Waals surface area contributed by atoms with Crippen LogP contribution >= 0.6 is 0 Å². The summed E-state index contributed by atoms with van der Waals surface area (Å²) >= 11 is 0. The minimum absolute atomic E-state index is 0.191. The number of rotatable bonds is 9. The molecular formula is C14H26N4O2S. The van der Waals surface area contributed by atoms with Gasteiger partial charge in [-0.3, -0.25) is 0 Å². The Hall–Kier alpha value is -1.31. The number of nitrogens with two attached hydrogens (primary N) is 2. The van der Waals surface area contributed by atoms with Crippen LogP contribution in [0.5, 0.6) is 0 Å². The maximum absolute atomic E-state index is 12.4. The van der Waals surface area contributed by atoms with Gasteiger partial charge in [0.15, 0.2) is 0 Å². The van der Waals surface area contributed by atoms with Crippen molar-refractivity contribution in [2.24, 2.45) is 11.7 Å². The van der Waals surface area contributed by atoms with Crippen LogP contribution in [0.1, 0.15) is 26.7 Å². The first kappa shape index (κ1) is 17.7. The van der Waals surface area contributed by atoms with Crippen molar-refractivity contribution in [3.63, 3.8) is 0 Å². The number of hydrogen-bond donors (Lipinski definition) is 4. The second-order valence-electron chi connectivity index (χ2n) is 5.42. The van der Waals surface area contributed by atoms with Crippen LogP contribution in [-0.4, -0.2) is 28.1 Å². The highest BCUT2D eigenvalue weighted by atomic mass is 32.2. The van der Waals surface area contributed by atoms with E-state index in [1.165, 1.54) is 6.07 Å². The van der Waals surface area contributed by atoms with E-state index in [1.54, 1.807) is 12.1 Å². The molecular weight excluding hydrogens is 288 g/mol. The number of nitrogen functional groups attached to an aromatic ring is 1. The molecule has 0 saturated heterocycles. The normalized spacial score (nSPS) is 11.8. The molecule has 1 rings (SSSR count). The molecule has 0 aliphatic heterocycles. The third-order valence-corrected chi connectivity index (χ3v) is 4.42. The van der Waals surface area contributed by atoms with Crippen molar-refractivity contribution < 1.29 is 8.42 Å². The van der Waals surface area contributed by atoms with Crippen LogP contribution in [0, 0.1) is 5.92 Å². The summed E-state index contributed by atoms with van der Waals surface area (Å²) in [5.41, 5.74) is 12.1. The first-order valence-electron chi connectivity index (χ1n) is 7.20. The highest BCUT2D eigenvalue weighted by molar-refractivity contribution is 7.89. The SMILES string of the molecule is CC(C)CNc1ccc(N)cc1S(=O)(=O)NCCCCN. The van der Waals surface area contributed by atoms with Gasteiger partial charge >= 0.3 is 0 Å². The highest BCUT2D eigenvalue weighted by Crippen LogP contribution is 2.24. The first-order chi connectivity index (χ1) is 9.86. The zero-order valence-corrected chi connectivity index (χ0v) is 13.5. The number of hydrogen-bond acceptors (Lipinski definition) is 5. The van der Waals surface area contributed by atoms with Crippen LogP contribution < -0.4 is 21.5 Å². The predicted octanol–water partition coefficient (Wildman–Crippen LogP) is 1.35. The standard InChI is InChI=1S/C14H26N4O2S/c1-11(2)10-17-13-6-5-12(16)9-14(13)21(19,20)18-8-4-3-7-15/h5-6,9,11,17-18H,3-4,7-8,10,15-16H2,1-2H3. The van der Waals surface area contributed by atoms with Crippen LogP contribution in [-0.2, 0) is 10.0 Å². The Bertz CT molecular complexity index is 544. The minimum atomic E-state index is -3.58. The molecule has 1 aromatic carbocycles. The predicted molar refractivity (Wildman–Crippen MR) is 87.7 cm³/mol. The van der Waals surface area contributed by atoms with Gasteiger partial charge in [0.1, 0.15) is 4.90 Å². The van der Waals surface area contributed by atoms with E-state index in [1.807, 2.05) is 0 Å². The van der Waals surface area contributed by atoms with Gasteiger partial charge in [-0.1, -0.05) is 13.8 Å². The fraction of sp³-hybridized carbons (Fsp3) is 0.571. The monoisotopic (exact) mass is 314 g/mol. The second kappa shape index (κ2) is 8.21. The van der Waals surface area contributed by atoms with Crippen molar-refractivity contribution in [3.8, 4) is 0 Å². The van der Waals surface area contributed by atoms with E-state index in [4.69, 9.17) is 11.5 Å². The summed E-state index contributed by atoms with van der Waals surface area (Å²) in [5.74, 6) is 0.413. The van der Waals surface area contributed by atoms with Gasteiger partial charge < -0.3 is 16.8 Å². The van der Waals surface area contributed by atoms with Crippen LogP contribution in [0.25, 0.3) is 0 Å². The lowest BCUT2D eigenvalue weighted by Gasteiger charge is -2.15. The molecule has 0 fully saturated rings. The second-order valence-corrected chi connectivity index (χ2v) is 7.16. The molecule has 0 unspecified atom stereocenters. The van der Waals surface area contributed by atoms with Gasteiger partial charge in [-0.25, -0.2) is 13.1 Å². The molecule has 0 aromatic heterocycles. The van der Waals surface area contributed by atoms with Crippen molar-refractivity contribution in [2.75, 3.05) is 30.7 Å². The molecule has 0 atom stereocenters. The fourth-order valence-corrected chi connectivity index (χ4v) is 3.06. The molecule has 120 valence electrons. The van der Waals surface area contributed by atoms with Gasteiger partial charge in [0.05, 0.1) is 5.69 Å². The van der Waals surface area contributed by atoms with E-state index in [2.05, 4.69) is 23.9 Å². The maximum Gasteiger partial charge on any atom is 0.242 e. The van der Waals surface area contributed by atoms with E-state index < -0.39 is 10.0 Å². The number of sulfonamides is 1. The summed E-state index contributed by atoms with van der Waals surface area (Å²) in [7, 11) is -3.58. The summed E-state index contributed by atoms with van der Waals surface area (Å²) < 4.78 is 27.3. The van der Waals surface area contributed by atoms with Crippen molar-refractivity contribution in [2.45, 2.75) is 31.6 Å². The first-order valence-corrected chi connectivity index (χ1v) is 8.68. The van der Waals surface area contributed by atoms with Crippen molar-refractivity contribution in [1.29, 1.82) is 0 Å². The molecule has 21 heavy (non-hydrogen) atoms. The van der Waals surface area contributed by atoms with E-state index in [0.717, 1.165) is 6.42 Å². The molecule has 0 saturated carbocycles. The Labute approximate surface area is 127 Å². The Kier molecular flexibility index (Phi) is 6.94. The van der Waals surface area contributed by atoms with E-state index in [-0.39, 0.29) is 4.90 Å².